The molecule has 2 aromatic carbocycles. The second-order valence-electron chi connectivity index (χ2n) is 6.52. The molecule has 0 aromatic heterocycles. The van der Waals surface area contributed by atoms with E-state index in [2.05, 4.69) is 0 Å². The highest BCUT2D eigenvalue weighted by Gasteiger charge is 2.34. The van der Waals surface area contributed by atoms with Crippen molar-refractivity contribution in [3.63, 3.8) is 0 Å². The van der Waals surface area contributed by atoms with Crippen LogP contribution in [0.3, 0.4) is 0 Å². The Morgan fingerprint density at radius 2 is 1.80 bits per heavy atom. The Balaban J connectivity index is 2.53. The van der Waals surface area contributed by atoms with Gasteiger partial charge in [-0.3, -0.25) is 0 Å². The minimum atomic E-state index is -1.47. The fourth-order valence-electron chi connectivity index (χ4n) is 2.97. The maximum Gasteiger partial charge on any atom is 0.126 e. The van der Waals surface area contributed by atoms with Gasteiger partial charge in [-0.2, -0.15) is 5.26 Å². The Hall–Kier alpha value is -2.42. The maximum absolute atomic E-state index is 13.3. The quantitative estimate of drug-likeness (QED) is 0.845. The lowest BCUT2D eigenvalue weighted by atomic mass is 9.80. The first-order valence-corrected chi connectivity index (χ1v) is 8.16. The number of rotatable bonds is 6. The molecule has 5 heteroatoms. The molecule has 4 nitrogen and oxygen atoms in total. The van der Waals surface area contributed by atoms with Crippen LogP contribution in [0.25, 0.3) is 0 Å². The normalized spacial score (nSPS) is 13.5. The molecule has 0 amide bonds. The van der Waals surface area contributed by atoms with Crippen molar-refractivity contribution in [3.05, 3.63) is 64.5 Å². The molecular weight excluding hydrogens is 319 g/mol. The predicted octanol–water partition coefficient (Wildman–Crippen LogP) is 3.29. The zero-order chi connectivity index (χ0) is 18.6. The number of aliphatic hydroxyl groups is 1. The zero-order valence-electron chi connectivity index (χ0n) is 14.8. The van der Waals surface area contributed by atoms with Crippen LogP contribution in [0, 0.1) is 24.1 Å². The first-order chi connectivity index (χ1) is 11.8. The van der Waals surface area contributed by atoms with Gasteiger partial charge in [-0.05, 0) is 64.2 Å². The van der Waals surface area contributed by atoms with E-state index in [0.717, 1.165) is 6.54 Å². The van der Waals surface area contributed by atoms with Crippen molar-refractivity contribution < 1.29 is 14.6 Å². The Kier molecular flexibility index (Phi) is 5.78. The molecule has 0 fully saturated rings. The van der Waals surface area contributed by atoms with Crippen LogP contribution in [0.2, 0.25) is 0 Å². The van der Waals surface area contributed by atoms with Gasteiger partial charge < -0.3 is 15.1 Å². The molecular formula is C20H23FN2O2. The van der Waals surface area contributed by atoms with Crippen LogP contribution in [-0.4, -0.2) is 35.8 Å². The second kappa shape index (κ2) is 7.64. The van der Waals surface area contributed by atoms with Gasteiger partial charge in [0, 0.05) is 11.1 Å². The van der Waals surface area contributed by atoms with Crippen molar-refractivity contribution in [2.45, 2.75) is 25.4 Å². The van der Waals surface area contributed by atoms with E-state index >= 15 is 0 Å². The number of phenols is 1. The van der Waals surface area contributed by atoms with E-state index in [1.165, 1.54) is 24.3 Å². The zero-order valence-corrected chi connectivity index (χ0v) is 14.8. The van der Waals surface area contributed by atoms with E-state index in [1.807, 2.05) is 25.1 Å². The molecule has 0 aliphatic rings. The fourth-order valence-corrected chi connectivity index (χ4v) is 2.97. The predicted molar refractivity (Wildman–Crippen MR) is 94.7 cm³/mol. The standard InChI is InChI=1S/C20H23FN2O2/c1-14-15(13-22)5-10-18(19(14)24)20(25,11-4-12-23(2)3)16-6-8-17(21)9-7-16/h5-10,24-25H,4,11-12H2,1-3H3. The van der Waals surface area contributed by atoms with Crippen LogP contribution < -0.4 is 0 Å². The van der Waals surface area contributed by atoms with E-state index in [9.17, 15) is 14.6 Å². The summed E-state index contributed by atoms with van der Waals surface area (Å²) in [5.74, 6) is -0.490. The van der Waals surface area contributed by atoms with Crippen molar-refractivity contribution in [1.82, 2.24) is 4.90 Å². The Morgan fingerprint density at radius 3 is 2.36 bits per heavy atom. The highest BCUT2D eigenvalue weighted by atomic mass is 19.1. The van der Waals surface area contributed by atoms with Crippen LogP contribution in [0.1, 0.15) is 35.1 Å². The van der Waals surface area contributed by atoms with E-state index in [0.29, 0.717) is 35.1 Å². The summed E-state index contributed by atoms with van der Waals surface area (Å²) >= 11 is 0. The number of hydrogen-bond donors (Lipinski definition) is 2. The van der Waals surface area contributed by atoms with E-state index in [-0.39, 0.29) is 11.6 Å². The van der Waals surface area contributed by atoms with Gasteiger partial charge >= 0.3 is 0 Å². The fraction of sp³-hybridized carbons (Fsp3) is 0.350. The number of hydrogen-bond acceptors (Lipinski definition) is 4. The van der Waals surface area contributed by atoms with Crippen molar-refractivity contribution in [3.8, 4) is 11.8 Å². The van der Waals surface area contributed by atoms with Gasteiger partial charge in [0.2, 0.25) is 0 Å². The SMILES string of the molecule is Cc1c(C#N)ccc(C(O)(CCCN(C)C)c2ccc(F)cc2)c1O. The smallest absolute Gasteiger partial charge is 0.126 e. The number of nitriles is 1. The number of phenolic OH excluding ortho intramolecular Hbond substituents is 1. The molecule has 1 atom stereocenters. The third-order valence-electron chi connectivity index (χ3n) is 4.46. The molecule has 2 N–H and O–H groups in total. The number of nitrogens with zero attached hydrogens (tertiary/aromatic N) is 2. The summed E-state index contributed by atoms with van der Waals surface area (Å²) in [5, 5.41) is 31.1. The summed E-state index contributed by atoms with van der Waals surface area (Å²) in [5.41, 5.74) is 0.151. The lowest BCUT2D eigenvalue weighted by Crippen LogP contribution is -2.29. The van der Waals surface area contributed by atoms with Crippen LogP contribution in [0.4, 0.5) is 4.39 Å². The first-order valence-electron chi connectivity index (χ1n) is 8.16. The number of benzene rings is 2. The van der Waals surface area contributed by atoms with Gasteiger partial charge in [0.25, 0.3) is 0 Å². The van der Waals surface area contributed by atoms with Gasteiger partial charge in [0.15, 0.2) is 0 Å². The topological polar surface area (TPSA) is 67.5 Å². The van der Waals surface area contributed by atoms with Crippen LogP contribution in [0.15, 0.2) is 36.4 Å². The molecule has 0 radical (unpaired) electrons. The molecule has 0 aliphatic carbocycles. The van der Waals surface area contributed by atoms with Crippen molar-refractivity contribution >= 4 is 0 Å². The number of aromatic hydroxyl groups is 1. The summed E-state index contributed by atoms with van der Waals surface area (Å²) in [6, 6.07) is 10.8. The molecule has 25 heavy (non-hydrogen) atoms. The van der Waals surface area contributed by atoms with Crippen molar-refractivity contribution in [2.24, 2.45) is 0 Å². The molecule has 0 aliphatic heterocycles. The third kappa shape index (κ3) is 3.98. The summed E-state index contributed by atoms with van der Waals surface area (Å²) in [6.45, 7) is 2.40. The lowest BCUT2D eigenvalue weighted by Gasteiger charge is -2.31. The Bertz CT molecular complexity index is 782. The minimum Gasteiger partial charge on any atom is -0.507 e. The monoisotopic (exact) mass is 342 g/mol. The largest absolute Gasteiger partial charge is 0.507 e. The molecule has 0 heterocycles. The van der Waals surface area contributed by atoms with Gasteiger partial charge in [0.05, 0.1) is 11.6 Å². The van der Waals surface area contributed by atoms with Gasteiger partial charge in [-0.15, -0.1) is 0 Å². The van der Waals surface area contributed by atoms with E-state index in [1.54, 1.807) is 19.1 Å². The Morgan fingerprint density at radius 1 is 1.16 bits per heavy atom. The molecule has 0 saturated carbocycles. The highest BCUT2D eigenvalue weighted by Crippen LogP contribution is 2.41. The van der Waals surface area contributed by atoms with Gasteiger partial charge in [-0.25, -0.2) is 4.39 Å². The van der Waals surface area contributed by atoms with Crippen molar-refractivity contribution in [2.75, 3.05) is 20.6 Å². The molecule has 0 spiro atoms. The average Bonchev–Trinajstić information content (AvgIpc) is 2.57. The van der Waals surface area contributed by atoms with Crippen LogP contribution >= 0.6 is 0 Å². The molecule has 0 bridgehead atoms. The number of halogens is 1. The van der Waals surface area contributed by atoms with Gasteiger partial charge in [0.1, 0.15) is 17.2 Å². The van der Waals surface area contributed by atoms with E-state index < -0.39 is 5.60 Å². The molecule has 2 aromatic rings. The second-order valence-corrected chi connectivity index (χ2v) is 6.52. The summed E-state index contributed by atoms with van der Waals surface area (Å²) in [6.07, 6.45) is 1.04. The summed E-state index contributed by atoms with van der Waals surface area (Å²) in [7, 11) is 3.89. The van der Waals surface area contributed by atoms with E-state index in [4.69, 9.17) is 5.26 Å². The highest BCUT2D eigenvalue weighted by molar-refractivity contribution is 5.54. The molecule has 2 rings (SSSR count). The van der Waals surface area contributed by atoms with Crippen molar-refractivity contribution in [1.29, 1.82) is 5.26 Å². The summed E-state index contributed by atoms with van der Waals surface area (Å²) in [4.78, 5) is 2.01. The average molecular weight is 342 g/mol. The summed E-state index contributed by atoms with van der Waals surface area (Å²) < 4.78 is 13.3. The van der Waals surface area contributed by atoms with Gasteiger partial charge in [-0.1, -0.05) is 18.2 Å². The molecule has 1 unspecified atom stereocenters. The first kappa shape index (κ1) is 18.9. The Labute approximate surface area is 147 Å². The minimum absolute atomic E-state index is 0.101. The molecule has 132 valence electrons. The maximum atomic E-state index is 13.3. The van der Waals surface area contributed by atoms with Crippen LogP contribution in [-0.2, 0) is 5.60 Å². The molecule has 0 saturated heterocycles. The lowest BCUT2D eigenvalue weighted by molar-refractivity contribution is 0.0638. The van der Waals surface area contributed by atoms with Crippen LogP contribution in [0.5, 0.6) is 5.75 Å². The third-order valence-corrected chi connectivity index (χ3v) is 4.46.